The predicted molar refractivity (Wildman–Crippen MR) is 82.2 cm³/mol. The van der Waals surface area contributed by atoms with Gasteiger partial charge in [0, 0.05) is 20.9 Å². The Hall–Kier alpha value is -0.600. The second-order valence-electron chi connectivity index (χ2n) is 3.65. The van der Waals surface area contributed by atoms with E-state index in [-0.39, 0.29) is 4.21 Å². The van der Waals surface area contributed by atoms with Gasteiger partial charge in [0.15, 0.2) is 0 Å². The molecule has 0 aliphatic heterocycles. The van der Waals surface area contributed by atoms with Crippen LogP contribution in [0.5, 0.6) is 0 Å². The molecular weight excluding hydrogens is 372 g/mol. The molecule has 19 heavy (non-hydrogen) atoms. The van der Waals surface area contributed by atoms with Crippen LogP contribution in [0.25, 0.3) is 0 Å². The van der Waals surface area contributed by atoms with E-state index in [1.54, 1.807) is 24.3 Å². The molecule has 0 saturated carbocycles. The number of thiophene rings is 1. The number of benzene rings is 1. The normalized spacial score (nSPS) is 11.5. The molecule has 0 bridgehead atoms. The average molecular weight is 382 g/mol. The molecule has 0 fully saturated rings. The van der Waals surface area contributed by atoms with Gasteiger partial charge < -0.3 is 5.73 Å². The lowest BCUT2D eigenvalue weighted by Gasteiger charge is -2.08. The van der Waals surface area contributed by atoms with Gasteiger partial charge in [-0.05, 0) is 46.3 Å². The Balaban J connectivity index is 2.33. The number of nitrogens with two attached hydrogens (primary N) is 1. The molecule has 0 saturated heterocycles. The Morgan fingerprint density at radius 1 is 1.32 bits per heavy atom. The summed E-state index contributed by atoms with van der Waals surface area (Å²) in [5.74, 6) is 0. The van der Waals surface area contributed by atoms with Gasteiger partial charge in [0.25, 0.3) is 10.0 Å². The van der Waals surface area contributed by atoms with Crippen molar-refractivity contribution in [2.24, 2.45) is 5.73 Å². The second-order valence-corrected chi connectivity index (χ2v) is 8.02. The third kappa shape index (κ3) is 3.49. The van der Waals surface area contributed by atoms with E-state index in [1.165, 1.54) is 6.07 Å². The van der Waals surface area contributed by atoms with E-state index in [0.29, 0.717) is 21.7 Å². The summed E-state index contributed by atoms with van der Waals surface area (Å²) < 4.78 is 27.7. The average Bonchev–Trinajstić information content (AvgIpc) is 2.83. The van der Waals surface area contributed by atoms with Gasteiger partial charge >= 0.3 is 0 Å². The molecule has 0 aliphatic rings. The number of halogens is 2. The van der Waals surface area contributed by atoms with Crippen molar-refractivity contribution in [3.63, 3.8) is 0 Å². The van der Waals surface area contributed by atoms with Gasteiger partial charge in [0.2, 0.25) is 0 Å². The summed E-state index contributed by atoms with van der Waals surface area (Å²) in [4.78, 5) is 0.811. The van der Waals surface area contributed by atoms with Crippen molar-refractivity contribution in [1.82, 2.24) is 0 Å². The monoisotopic (exact) mass is 380 g/mol. The van der Waals surface area contributed by atoms with Crippen LogP contribution >= 0.6 is 38.9 Å². The molecule has 8 heteroatoms. The number of hydrogen-bond donors (Lipinski definition) is 2. The van der Waals surface area contributed by atoms with Crippen molar-refractivity contribution in [3.8, 4) is 0 Å². The fourth-order valence-electron chi connectivity index (χ4n) is 1.38. The molecule has 1 heterocycles. The third-order valence-electron chi connectivity index (χ3n) is 2.28. The minimum absolute atomic E-state index is 0.222. The van der Waals surface area contributed by atoms with Crippen LogP contribution in [0, 0.1) is 0 Å². The van der Waals surface area contributed by atoms with Gasteiger partial charge in [0.05, 0.1) is 5.69 Å². The lowest BCUT2D eigenvalue weighted by molar-refractivity contribution is 0.603. The fourth-order valence-corrected chi connectivity index (χ4v) is 4.34. The molecule has 3 N–H and O–H groups in total. The van der Waals surface area contributed by atoms with E-state index in [2.05, 4.69) is 20.7 Å². The Kier molecular flexibility index (Phi) is 4.52. The first-order chi connectivity index (χ1) is 8.92. The SMILES string of the molecule is NCc1ccc(S(=O)(=O)Nc2cc(Cl)ccc2Br)s1. The van der Waals surface area contributed by atoms with Gasteiger partial charge in [-0.2, -0.15) is 0 Å². The van der Waals surface area contributed by atoms with Gasteiger partial charge in [0.1, 0.15) is 4.21 Å². The first kappa shape index (κ1) is 14.8. The summed E-state index contributed by atoms with van der Waals surface area (Å²) >= 11 is 10.3. The molecule has 1 aromatic carbocycles. The van der Waals surface area contributed by atoms with Crippen molar-refractivity contribution >= 4 is 54.6 Å². The largest absolute Gasteiger partial charge is 0.326 e. The number of nitrogens with one attached hydrogen (secondary N) is 1. The van der Waals surface area contributed by atoms with Gasteiger partial charge in [-0.25, -0.2) is 8.42 Å². The van der Waals surface area contributed by atoms with Crippen LogP contribution in [0.1, 0.15) is 4.88 Å². The van der Waals surface area contributed by atoms with Gasteiger partial charge in [-0.3, -0.25) is 4.72 Å². The topological polar surface area (TPSA) is 72.2 Å². The third-order valence-corrected chi connectivity index (χ3v) is 6.17. The number of hydrogen-bond acceptors (Lipinski definition) is 4. The van der Waals surface area contributed by atoms with Gasteiger partial charge in [-0.1, -0.05) is 11.6 Å². The van der Waals surface area contributed by atoms with Crippen molar-refractivity contribution < 1.29 is 8.42 Å². The van der Waals surface area contributed by atoms with Crippen LogP contribution < -0.4 is 10.5 Å². The number of anilines is 1. The molecule has 4 nitrogen and oxygen atoms in total. The number of sulfonamides is 1. The highest BCUT2D eigenvalue weighted by atomic mass is 79.9. The quantitative estimate of drug-likeness (QED) is 0.852. The zero-order chi connectivity index (χ0) is 14.0. The van der Waals surface area contributed by atoms with Crippen molar-refractivity contribution in [3.05, 3.63) is 44.7 Å². The van der Waals surface area contributed by atoms with E-state index >= 15 is 0 Å². The molecule has 0 unspecified atom stereocenters. The van der Waals surface area contributed by atoms with E-state index in [9.17, 15) is 8.42 Å². The standard InChI is InChI=1S/C11H10BrClN2O2S2/c12-9-3-1-7(13)5-10(9)15-19(16,17)11-4-2-8(6-14)18-11/h1-5,15H,6,14H2. The summed E-state index contributed by atoms with van der Waals surface area (Å²) in [7, 11) is -3.62. The summed E-state index contributed by atoms with van der Waals surface area (Å²) in [6.07, 6.45) is 0. The highest BCUT2D eigenvalue weighted by Crippen LogP contribution is 2.29. The molecule has 102 valence electrons. The Labute approximate surface area is 128 Å². The maximum atomic E-state index is 12.2. The smallest absolute Gasteiger partial charge is 0.271 e. The first-order valence-electron chi connectivity index (χ1n) is 5.19. The molecule has 0 amide bonds. The molecular formula is C11H10BrClN2O2S2. The van der Waals surface area contributed by atoms with E-state index in [0.717, 1.165) is 16.2 Å². The molecule has 0 radical (unpaired) electrons. The maximum absolute atomic E-state index is 12.2. The van der Waals surface area contributed by atoms with Crippen LogP contribution in [0.2, 0.25) is 5.02 Å². The minimum atomic E-state index is -3.62. The van der Waals surface area contributed by atoms with Crippen LogP contribution in [-0.2, 0) is 16.6 Å². The minimum Gasteiger partial charge on any atom is -0.326 e. The number of rotatable bonds is 4. The molecule has 1 aromatic heterocycles. The molecule has 0 spiro atoms. The second kappa shape index (κ2) is 5.80. The first-order valence-corrected chi connectivity index (χ1v) is 8.66. The van der Waals surface area contributed by atoms with E-state index in [4.69, 9.17) is 17.3 Å². The van der Waals surface area contributed by atoms with Crippen molar-refractivity contribution in [2.45, 2.75) is 10.8 Å². The molecule has 0 atom stereocenters. The fraction of sp³-hybridized carbons (Fsp3) is 0.0909. The zero-order valence-electron chi connectivity index (χ0n) is 9.56. The van der Waals surface area contributed by atoms with Crippen molar-refractivity contribution in [1.29, 1.82) is 0 Å². The van der Waals surface area contributed by atoms with E-state index in [1.807, 2.05) is 0 Å². The highest BCUT2D eigenvalue weighted by Gasteiger charge is 2.18. The maximum Gasteiger partial charge on any atom is 0.271 e. The molecule has 2 aromatic rings. The summed E-state index contributed by atoms with van der Waals surface area (Å²) in [5, 5.41) is 0.453. The van der Waals surface area contributed by atoms with Crippen LogP contribution in [0.4, 0.5) is 5.69 Å². The van der Waals surface area contributed by atoms with Crippen LogP contribution in [0.3, 0.4) is 0 Å². The summed E-state index contributed by atoms with van der Waals surface area (Å²) in [6.45, 7) is 0.320. The Bertz CT molecular complexity index is 700. The summed E-state index contributed by atoms with van der Waals surface area (Å²) in [5.41, 5.74) is 5.87. The molecule has 2 rings (SSSR count). The van der Waals surface area contributed by atoms with Crippen molar-refractivity contribution in [2.75, 3.05) is 4.72 Å². The lowest BCUT2D eigenvalue weighted by atomic mass is 10.3. The molecule has 0 aliphatic carbocycles. The van der Waals surface area contributed by atoms with Crippen LogP contribution in [-0.4, -0.2) is 8.42 Å². The predicted octanol–water partition coefficient (Wildman–Crippen LogP) is 3.42. The highest BCUT2D eigenvalue weighted by molar-refractivity contribution is 9.10. The van der Waals surface area contributed by atoms with E-state index < -0.39 is 10.0 Å². The van der Waals surface area contributed by atoms with Crippen LogP contribution in [0.15, 0.2) is 39.0 Å². The Morgan fingerprint density at radius 3 is 2.68 bits per heavy atom. The zero-order valence-corrected chi connectivity index (χ0v) is 13.5. The van der Waals surface area contributed by atoms with Gasteiger partial charge in [-0.15, -0.1) is 11.3 Å². The lowest BCUT2D eigenvalue weighted by Crippen LogP contribution is -2.11. The Morgan fingerprint density at radius 2 is 2.05 bits per heavy atom. The summed E-state index contributed by atoms with van der Waals surface area (Å²) in [6, 6.07) is 8.13.